The first kappa shape index (κ1) is 34.5. The van der Waals surface area contributed by atoms with Gasteiger partial charge in [0.2, 0.25) is 11.8 Å². The fourth-order valence-electron chi connectivity index (χ4n) is 4.98. The highest BCUT2D eigenvalue weighted by Gasteiger charge is 2.36. The molecule has 0 bridgehead atoms. The van der Waals surface area contributed by atoms with E-state index in [9.17, 15) is 18.0 Å². The first-order chi connectivity index (χ1) is 22.0. The number of anilines is 1. The van der Waals surface area contributed by atoms with Crippen LogP contribution in [0.5, 0.6) is 5.75 Å². The van der Waals surface area contributed by atoms with Gasteiger partial charge in [0.1, 0.15) is 18.3 Å². The van der Waals surface area contributed by atoms with Gasteiger partial charge in [-0.1, -0.05) is 96.9 Å². The average Bonchev–Trinajstić information content (AvgIpc) is 3.06. The van der Waals surface area contributed by atoms with Crippen molar-refractivity contribution in [1.29, 1.82) is 0 Å². The Bertz CT molecular complexity index is 1720. The number of hydrogen-bond acceptors (Lipinski definition) is 5. The van der Waals surface area contributed by atoms with Crippen molar-refractivity contribution < 1.29 is 22.7 Å². The predicted octanol–water partition coefficient (Wildman–Crippen LogP) is 6.41. The number of rotatable bonds is 14. The minimum absolute atomic E-state index is 0.00902. The van der Waals surface area contributed by atoms with Crippen molar-refractivity contribution in [3.63, 3.8) is 0 Å². The lowest BCUT2D eigenvalue weighted by molar-refractivity contribution is -0.140. The summed E-state index contributed by atoms with van der Waals surface area (Å²) < 4.78 is 35.0. The minimum atomic E-state index is -4.29. The van der Waals surface area contributed by atoms with E-state index in [0.717, 1.165) is 21.0 Å². The van der Waals surface area contributed by atoms with Crippen molar-refractivity contribution in [3.05, 3.63) is 125 Å². The number of ether oxygens (including phenoxy) is 1. The summed E-state index contributed by atoms with van der Waals surface area (Å²) in [6.07, 6.45) is 0.931. The van der Waals surface area contributed by atoms with Gasteiger partial charge in [0.25, 0.3) is 10.0 Å². The van der Waals surface area contributed by atoms with Crippen LogP contribution in [-0.4, -0.2) is 50.9 Å². The Morgan fingerprint density at radius 2 is 1.52 bits per heavy atom. The van der Waals surface area contributed by atoms with Crippen LogP contribution in [0, 0.1) is 6.92 Å². The zero-order valence-electron chi connectivity index (χ0n) is 26.5. The highest BCUT2D eigenvalue weighted by atomic mass is 35.5. The monoisotopic (exact) mass is 661 g/mol. The van der Waals surface area contributed by atoms with Gasteiger partial charge in [0, 0.05) is 24.0 Å². The summed E-state index contributed by atoms with van der Waals surface area (Å²) in [6, 6.07) is 28.5. The lowest BCUT2D eigenvalue weighted by Crippen LogP contribution is -2.54. The highest BCUT2D eigenvalue weighted by Crippen LogP contribution is 2.35. The van der Waals surface area contributed by atoms with E-state index >= 15 is 0 Å². The molecule has 4 rings (SSSR count). The number of nitrogens with zero attached hydrogens (tertiary/aromatic N) is 2. The summed E-state index contributed by atoms with van der Waals surface area (Å²) in [6.45, 7) is 5.31. The van der Waals surface area contributed by atoms with E-state index in [0.29, 0.717) is 6.42 Å². The highest BCUT2D eigenvalue weighted by molar-refractivity contribution is 7.92. The summed E-state index contributed by atoms with van der Waals surface area (Å²) >= 11 is 6.35. The summed E-state index contributed by atoms with van der Waals surface area (Å²) in [5.74, 6) is -0.670. The third kappa shape index (κ3) is 8.68. The van der Waals surface area contributed by atoms with Crippen LogP contribution in [0.2, 0.25) is 5.02 Å². The molecule has 0 aliphatic carbocycles. The summed E-state index contributed by atoms with van der Waals surface area (Å²) in [5, 5.41) is 3.31. The molecule has 0 radical (unpaired) electrons. The van der Waals surface area contributed by atoms with Gasteiger partial charge in [-0.3, -0.25) is 13.9 Å². The molecule has 2 amide bonds. The predicted molar refractivity (Wildman–Crippen MR) is 183 cm³/mol. The van der Waals surface area contributed by atoms with Crippen LogP contribution in [-0.2, 0) is 32.6 Å². The van der Waals surface area contributed by atoms with Crippen LogP contribution in [0.25, 0.3) is 0 Å². The molecule has 10 heteroatoms. The third-order valence-corrected chi connectivity index (χ3v) is 9.77. The van der Waals surface area contributed by atoms with Crippen molar-refractivity contribution in [2.45, 2.75) is 57.1 Å². The van der Waals surface area contributed by atoms with Crippen LogP contribution in [0.1, 0.15) is 37.0 Å². The van der Waals surface area contributed by atoms with E-state index in [1.54, 1.807) is 30.3 Å². The Morgan fingerprint density at radius 3 is 2.13 bits per heavy atom. The third-order valence-electron chi connectivity index (χ3n) is 7.77. The Hall–Kier alpha value is -4.34. The number of benzene rings is 4. The molecule has 0 saturated carbocycles. The largest absolute Gasteiger partial charge is 0.495 e. The molecular formula is C36H40ClN3O5S. The second-order valence-corrected chi connectivity index (χ2v) is 13.5. The molecule has 242 valence electrons. The van der Waals surface area contributed by atoms with Gasteiger partial charge in [-0.25, -0.2) is 8.42 Å². The molecule has 0 heterocycles. The fourth-order valence-corrected chi connectivity index (χ4v) is 6.58. The first-order valence-electron chi connectivity index (χ1n) is 15.1. The van der Waals surface area contributed by atoms with E-state index in [1.165, 1.54) is 30.2 Å². The average molecular weight is 662 g/mol. The zero-order chi connectivity index (χ0) is 33.3. The van der Waals surface area contributed by atoms with E-state index in [1.807, 2.05) is 75.4 Å². The van der Waals surface area contributed by atoms with Crippen molar-refractivity contribution in [1.82, 2.24) is 10.2 Å². The number of methoxy groups -OCH3 is 1. The second-order valence-electron chi connectivity index (χ2n) is 11.2. The van der Waals surface area contributed by atoms with Crippen molar-refractivity contribution in [2.75, 3.05) is 18.0 Å². The van der Waals surface area contributed by atoms with E-state index in [4.69, 9.17) is 16.3 Å². The molecule has 0 fully saturated rings. The van der Waals surface area contributed by atoms with E-state index in [-0.39, 0.29) is 46.3 Å². The number of aryl methyl sites for hydroxylation is 1. The van der Waals surface area contributed by atoms with Crippen LogP contribution in [0.3, 0.4) is 0 Å². The molecule has 8 nitrogen and oxygen atoms in total. The molecule has 0 aliphatic heterocycles. The molecule has 4 aromatic carbocycles. The topological polar surface area (TPSA) is 96.0 Å². The summed E-state index contributed by atoms with van der Waals surface area (Å²) in [5.41, 5.74) is 2.81. The smallest absolute Gasteiger partial charge is 0.264 e. The maximum atomic E-state index is 14.6. The van der Waals surface area contributed by atoms with Crippen molar-refractivity contribution in [3.8, 4) is 5.75 Å². The number of halogens is 1. The zero-order valence-corrected chi connectivity index (χ0v) is 28.1. The number of nitrogens with one attached hydrogen (secondary N) is 1. The molecule has 0 saturated heterocycles. The normalized spacial score (nSPS) is 12.5. The molecule has 46 heavy (non-hydrogen) atoms. The lowest BCUT2D eigenvalue weighted by Gasteiger charge is -2.34. The molecule has 0 spiro atoms. The minimum Gasteiger partial charge on any atom is -0.495 e. The van der Waals surface area contributed by atoms with Crippen molar-refractivity contribution >= 4 is 39.1 Å². The Kier molecular flexibility index (Phi) is 11.8. The number of hydrogen-bond donors (Lipinski definition) is 1. The number of sulfonamides is 1. The Labute approximate surface area is 277 Å². The SMILES string of the molecule is CC[C@@H](C)NC(=O)[C@H](Cc1ccccc1)N(Cc1ccc(C)cc1)C(=O)CN(c1cc(Cl)ccc1OC)S(=O)(=O)c1ccccc1. The number of carbonyl (C=O) groups excluding carboxylic acids is 2. The molecular weight excluding hydrogens is 622 g/mol. The van der Waals surface area contributed by atoms with Gasteiger partial charge in [-0.15, -0.1) is 0 Å². The molecule has 1 N–H and O–H groups in total. The van der Waals surface area contributed by atoms with Gasteiger partial charge in [0.05, 0.1) is 17.7 Å². The van der Waals surface area contributed by atoms with Crippen molar-refractivity contribution in [2.24, 2.45) is 0 Å². The molecule has 0 aliphatic rings. The maximum Gasteiger partial charge on any atom is 0.264 e. The summed E-state index contributed by atoms with van der Waals surface area (Å²) in [4.78, 5) is 30.0. The quantitative estimate of drug-likeness (QED) is 0.169. The van der Waals surface area contributed by atoms with Gasteiger partial charge >= 0.3 is 0 Å². The van der Waals surface area contributed by atoms with Gasteiger partial charge < -0.3 is 15.0 Å². The van der Waals surface area contributed by atoms with Gasteiger partial charge in [-0.2, -0.15) is 0 Å². The van der Waals surface area contributed by atoms with Crippen LogP contribution < -0.4 is 14.4 Å². The molecule has 0 aromatic heterocycles. The number of amides is 2. The van der Waals surface area contributed by atoms with E-state index in [2.05, 4.69) is 5.32 Å². The first-order valence-corrected chi connectivity index (χ1v) is 17.0. The maximum absolute atomic E-state index is 14.6. The lowest BCUT2D eigenvalue weighted by atomic mass is 10.0. The second kappa shape index (κ2) is 15.8. The van der Waals surface area contributed by atoms with E-state index < -0.39 is 28.5 Å². The molecule has 0 unspecified atom stereocenters. The van der Waals surface area contributed by atoms with Gasteiger partial charge in [-0.05, 0) is 61.7 Å². The molecule has 2 atom stereocenters. The standard InChI is InChI=1S/C36H40ClN3O5S/c1-5-27(3)38-36(42)33(22-28-12-8-6-9-13-28)39(24-29-18-16-26(2)17-19-29)35(41)25-40(32-23-30(37)20-21-34(32)45-4)46(43,44)31-14-10-7-11-15-31/h6-21,23,27,33H,5,22,24-25H2,1-4H3,(H,38,42)/t27-,33+/m1/s1. The Balaban J connectivity index is 1.84. The fraction of sp³-hybridized carbons (Fsp3) is 0.278. The van der Waals surface area contributed by atoms with Crippen LogP contribution in [0.4, 0.5) is 5.69 Å². The van der Waals surface area contributed by atoms with Crippen LogP contribution in [0.15, 0.2) is 108 Å². The molecule has 4 aromatic rings. The number of carbonyl (C=O) groups is 2. The van der Waals surface area contributed by atoms with Crippen LogP contribution >= 0.6 is 11.6 Å². The summed E-state index contributed by atoms with van der Waals surface area (Å²) in [7, 11) is -2.87. The Morgan fingerprint density at radius 1 is 0.891 bits per heavy atom. The van der Waals surface area contributed by atoms with Gasteiger partial charge in [0.15, 0.2) is 0 Å².